The SMILES string of the molecule is COc1ccc(N2C(N)=C(C#N)C(c3cc(COc4ccc(Br)cc4)c(C)cc3C)C3=C2CC(C)(C)CC3=O)cc1. The predicted octanol–water partition coefficient (Wildman–Crippen LogP) is 7.59. The number of nitrogens with two attached hydrogens (primary N) is 1. The molecule has 1 heterocycles. The zero-order valence-electron chi connectivity index (χ0n) is 24.0. The Kier molecular flexibility index (Phi) is 7.72. The molecule has 5 rings (SSSR count). The van der Waals surface area contributed by atoms with Gasteiger partial charge in [-0.2, -0.15) is 5.26 Å². The lowest BCUT2D eigenvalue weighted by molar-refractivity contribution is -0.118. The Morgan fingerprint density at radius 3 is 2.32 bits per heavy atom. The number of carbonyl (C=O) groups is 1. The van der Waals surface area contributed by atoms with Gasteiger partial charge >= 0.3 is 0 Å². The molecule has 0 amide bonds. The fraction of sp³-hybridized carbons (Fsp3) is 0.294. The smallest absolute Gasteiger partial charge is 0.162 e. The molecule has 0 spiro atoms. The van der Waals surface area contributed by atoms with Gasteiger partial charge in [-0.05, 0) is 96.5 Å². The van der Waals surface area contributed by atoms with Gasteiger partial charge in [0.1, 0.15) is 23.9 Å². The van der Waals surface area contributed by atoms with Gasteiger partial charge in [-0.15, -0.1) is 0 Å². The van der Waals surface area contributed by atoms with E-state index < -0.39 is 5.92 Å². The maximum absolute atomic E-state index is 14.0. The number of hydrogen-bond acceptors (Lipinski definition) is 6. The van der Waals surface area contributed by atoms with Gasteiger partial charge < -0.3 is 15.2 Å². The largest absolute Gasteiger partial charge is 0.497 e. The van der Waals surface area contributed by atoms with Crippen LogP contribution >= 0.6 is 15.9 Å². The monoisotopic (exact) mass is 611 g/mol. The average molecular weight is 613 g/mol. The van der Waals surface area contributed by atoms with E-state index in [9.17, 15) is 10.1 Å². The summed E-state index contributed by atoms with van der Waals surface area (Å²) in [7, 11) is 1.62. The van der Waals surface area contributed by atoms with Crippen LogP contribution in [0.3, 0.4) is 0 Å². The van der Waals surface area contributed by atoms with Gasteiger partial charge in [-0.1, -0.05) is 41.9 Å². The maximum atomic E-state index is 14.0. The van der Waals surface area contributed by atoms with Crippen molar-refractivity contribution in [3.05, 3.63) is 110 Å². The highest BCUT2D eigenvalue weighted by Crippen LogP contribution is 2.51. The first-order chi connectivity index (χ1) is 19.5. The molecule has 6 nitrogen and oxygen atoms in total. The van der Waals surface area contributed by atoms with Crippen molar-refractivity contribution in [2.24, 2.45) is 11.1 Å². The number of methoxy groups -OCH3 is 1. The van der Waals surface area contributed by atoms with Crippen LogP contribution in [0, 0.1) is 30.6 Å². The molecule has 3 aromatic rings. The first-order valence-electron chi connectivity index (χ1n) is 13.6. The van der Waals surface area contributed by atoms with Gasteiger partial charge in [-0.25, -0.2) is 0 Å². The highest BCUT2D eigenvalue weighted by Gasteiger charge is 2.45. The number of aryl methyl sites for hydroxylation is 2. The van der Waals surface area contributed by atoms with Gasteiger partial charge in [0.2, 0.25) is 0 Å². The molecule has 3 aromatic carbocycles. The molecule has 0 saturated carbocycles. The van der Waals surface area contributed by atoms with Crippen molar-refractivity contribution in [1.82, 2.24) is 0 Å². The van der Waals surface area contributed by atoms with Gasteiger partial charge in [0, 0.05) is 27.9 Å². The average Bonchev–Trinajstić information content (AvgIpc) is 2.92. The fourth-order valence-corrected chi connectivity index (χ4v) is 6.18. The molecule has 210 valence electrons. The topological polar surface area (TPSA) is 88.6 Å². The number of ketones is 1. The molecule has 0 aromatic heterocycles. The van der Waals surface area contributed by atoms with Crippen LogP contribution in [0.4, 0.5) is 5.69 Å². The second-order valence-corrected chi connectivity index (χ2v) is 12.5. The first kappa shape index (κ1) is 28.5. The summed E-state index contributed by atoms with van der Waals surface area (Å²) in [6.45, 7) is 8.64. The Labute approximate surface area is 250 Å². The Hall–Kier alpha value is -4.02. The number of rotatable bonds is 6. The maximum Gasteiger partial charge on any atom is 0.162 e. The summed E-state index contributed by atoms with van der Waals surface area (Å²) >= 11 is 3.46. The third-order valence-corrected chi connectivity index (χ3v) is 8.48. The quantitative estimate of drug-likeness (QED) is 0.309. The van der Waals surface area contributed by atoms with Crippen LogP contribution in [0.2, 0.25) is 0 Å². The predicted molar refractivity (Wildman–Crippen MR) is 164 cm³/mol. The van der Waals surface area contributed by atoms with Crippen LogP contribution in [-0.2, 0) is 11.4 Å². The second kappa shape index (κ2) is 11.1. The van der Waals surface area contributed by atoms with E-state index in [0.29, 0.717) is 42.2 Å². The minimum atomic E-state index is -0.555. The van der Waals surface area contributed by atoms with Gasteiger partial charge in [-0.3, -0.25) is 9.69 Å². The van der Waals surface area contributed by atoms with Crippen molar-refractivity contribution < 1.29 is 14.3 Å². The van der Waals surface area contributed by atoms with Crippen molar-refractivity contribution in [2.45, 2.75) is 53.1 Å². The van der Waals surface area contributed by atoms with E-state index in [1.807, 2.05) is 60.4 Å². The molecule has 1 aliphatic heterocycles. The summed E-state index contributed by atoms with van der Waals surface area (Å²) < 4.78 is 12.4. The standard InChI is InChI=1S/C34H34BrN3O3/c1-20-14-21(2)27(15-22(20)19-41-26-10-6-23(35)7-11-26)31-28(18-36)33(37)38(24-8-12-25(40-5)13-9-24)29-16-34(3,4)17-30(39)32(29)31/h6-15,31H,16-17,19,37H2,1-5H3. The third-order valence-electron chi connectivity index (χ3n) is 7.96. The second-order valence-electron chi connectivity index (χ2n) is 11.6. The van der Waals surface area contributed by atoms with Gasteiger partial charge in [0.15, 0.2) is 5.78 Å². The summed E-state index contributed by atoms with van der Waals surface area (Å²) in [6.07, 6.45) is 1.06. The van der Waals surface area contributed by atoms with Gasteiger partial charge in [0.25, 0.3) is 0 Å². The summed E-state index contributed by atoms with van der Waals surface area (Å²) in [5.74, 6) is 1.32. The number of Topliss-reactive ketones (excluding diaryl/α,β-unsaturated/α-hetero) is 1. The first-order valence-corrected chi connectivity index (χ1v) is 14.4. The molecule has 0 radical (unpaired) electrons. The molecule has 1 atom stereocenters. The summed E-state index contributed by atoms with van der Waals surface area (Å²) in [4.78, 5) is 15.9. The van der Waals surface area contributed by atoms with Crippen molar-refractivity contribution >= 4 is 27.4 Å². The summed E-state index contributed by atoms with van der Waals surface area (Å²) in [6, 6.07) is 21.8. The molecule has 0 saturated heterocycles. The summed E-state index contributed by atoms with van der Waals surface area (Å²) in [5, 5.41) is 10.5. The zero-order chi connectivity index (χ0) is 29.5. The van der Waals surface area contributed by atoms with Crippen LogP contribution in [0.1, 0.15) is 54.9 Å². The molecule has 2 aliphatic rings. The fourth-order valence-electron chi connectivity index (χ4n) is 5.92. The van der Waals surface area contributed by atoms with Crippen molar-refractivity contribution in [3.8, 4) is 17.6 Å². The van der Waals surface area contributed by atoms with Crippen molar-refractivity contribution in [1.29, 1.82) is 5.26 Å². The molecule has 7 heteroatoms. The van der Waals surface area contributed by atoms with Crippen LogP contribution in [0.25, 0.3) is 0 Å². The van der Waals surface area contributed by atoms with E-state index in [2.05, 4.69) is 54.9 Å². The number of halogens is 1. The van der Waals surface area contributed by atoms with Gasteiger partial charge in [0.05, 0.1) is 24.7 Å². The number of carbonyl (C=O) groups excluding carboxylic acids is 1. The van der Waals surface area contributed by atoms with Crippen LogP contribution in [-0.4, -0.2) is 12.9 Å². The van der Waals surface area contributed by atoms with Crippen LogP contribution in [0.15, 0.2) is 87.8 Å². The molecular weight excluding hydrogens is 578 g/mol. The van der Waals surface area contributed by atoms with Crippen molar-refractivity contribution in [3.63, 3.8) is 0 Å². The Bertz CT molecular complexity index is 1610. The van der Waals surface area contributed by atoms with E-state index in [4.69, 9.17) is 15.2 Å². The molecule has 2 N–H and O–H groups in total. The molecular formula is C34H34BrN3O3. The normalized spacial score (nSPS) is 18.2. The minimum absolute atomic E-state index is 0.0487. The Balaban J connectivity index is 1.64. The number of nitrogens with zero attached hydrogens (tertiary/aromatic N) is 2. The molecule has 0 fully saturated rings. The lowest BCUT2D eigenvalue weighted by Crippen LogP contribution is -2.42. The number of ether oxygens (including phenoxy) is 2. The van der Waals surface area contributed by atoms with E-state index in [1.54, 1.807) is 7.11 Å². The molecule has 1 aliphatic carbocycles. The third kappa shape index (κ3) is 5.49. The van der Waals surface area contributed by atoms with E-state index in [0.717, 1.165) is 43.9 Å². The number of nitriles is 1. The molecule has 41 heavy (non-hydrogen) atoms. The Morgan fingerprint density at radius 2 is 1.68 bits per heavy atom. The lowest BCUT2D eigenvalue weighted by Gasteiger charge is -2.44. The number of benzene rings is 3. The number of anilines is 1. The number of allylic oxidation sites excluding steroid dienone is 3. The van der Waals surface area contributed by atoms with E-state index >= 15 is 0 Å². The zero-order valence-corrected chi connectivity index (χ0v) is 25.6. The Morgan fingerprint density at radius 1 is 1.02 bits per heavy atom. The number of hydrogen-bond donors (Lipinski definition) is 1. The molecule has 0 bridgehead atoms. The van der Waals surface area contributed by atoms with Crippen LogP contribution in [0.5, 0.6) is 11.5 Å². The van der Waals surface area contributed by atoms with E-state index in [1.165, 1.54) is 0 Å². The highest BCUT2D eigenvalue weighted by molar-refractivity contribution is 9.10. The highest BCUT2D eigenvalue weighted by atomic mass is 79.9. The van der Waals surface area contributed by atoms with Crippen LogP contribution < -0.4 is 20.1 Å². The van der Waals surface area contributed by atoms with E-state index in [-0.39, 0.29) is 11.2 Å². The minimum Gasteiger partial charge on any atom is -0.497 e. The summed E-state index contributed by atoms with van der Waals surface area (Å²) in [5.41, 5.74) is 13.2. The van der Waals surface area contributed by atoms with Crippen molar-refractivity contribution in [2.75, 3.05) is 12.0 Å². The molecule has 1 unspecified atom stereocenters. The lowest BCUT2D eigenvalue weighted by atomic mass is 9.68.